The van der Waals surface area contributed by atoms with Gasteiger partial charge in [-0.1, -0.05) is 140 Å². The van der Waals surface area contributed by atoms with Crippen molar-refractivity contribution in [3.8, 4) is 5.75 Å². The molecule has 6 fully saturated rings. The summed E-state index contributed by atoms with van der Waals surface area (Å²) in [6.45, 7) is 29.0. The van der Waals surface area contributed by atoms with E-state index in [2.05, 4.69) is 46.9 Å². The van der Waals surface area contributed by atoms with Gasteiger partial charge in [-0.05, 0) is 189 Å². The maximum Gasteiger partial charge on any atom is 0.339 e. The average molecular weight is 1490 g/mol. The second-order valence-corrected chi connectivity index (χ2v) is 36.7. The van der Waals surface area contributed by atoms with Crippen molar-refractivity contribution in [1.29, 1.82) is 0 Å². The van der Waals surface area contributed by atoms with Crippen LogP contribution in [0.15, 0.2) is 118 Å². The van der Waals surface area contributed by atoms with Gasteiger partial charge in [-0.3, -0.25) is 38.4 Å². The highest BCUT2D eigenvalue weighted by molar-refractivity contribution is 7.08. The number of esters is 3. The molecule has 566 valence electrons. The zero-order valence-corrected chi connectivity index (χ0v) is 65.7. The number of carboxylic acid groups (broad SMARTS) is 3. The van der Waals surface area contributed by atoms with Crippen LogP contribution in [0.4, 0.5) is 0 Å². The fraction of sp³-hybridized carbons (Fsp3) is 0.465. The van der Waals surface area contributed by atoms with Crippen molar-refractivity contribution in [3.05, 3.63) is 179 Å². The fourth-order valence-corrected chi connectivity index (χ4v) is 16.6. The molecule has 0 spiro atoms. The monoisotopic (exact) mass is 1480 g/mol. The van der Waals surface area contributed by atoms with Gasteiger partial charge < -0.3 is 38.7 Å². The lowest BCUT2D eigenvalue weighted by atomic mass is 9.79. The number of ether oxygens (including phenoxy) is 4. The molecule has 12 unspecified atom stereocenters. The number of ketones is 4. The number of carbonyl (C=O) groups excluding carboxylic acids is 7. The molecule has 20 heteroatoms. The molecule has 4 aromatic carbocycles. The van der Waals surface area contributed by atoms with Crippen LogP contribution in [-0.2, 0) is 57.0 Å². The standard InChI is InChI=1S/C23H28O5.C23H22O5.C21H32O3Si.C19H22O5S/c2*1-13-8-9-16(14(2)10-13)12-19-20(24)11-15(3)21(19)28-23(27)18-7-5-4-6-17(18)22(25)26;1-14-11-17(23-6)10-9-16(14)13-18-19(22)12-15(2)20(18)24-25(7,8)21(3,4)5;1-11-8-16(20)15(9-12-6-7-25-10-12)17(11)24-19(23)14-5-3-2-4-13(14)18(21)22/h8-10,12,15,17-18,21H,4-7,11H2,1-3H3,(H,25,26);4-10,12,15,21H,11H2,1-3H3,(H,25,26);9-11,13,15,20H,12H2,1-8H3;6-7,9-11,13-14,17H,2-5,8H2,1H3,(H,21,22). The molecule has 0 amide bonds. The van der Waals surface area contributed by atoms with Gasteiger partial charge in [-0.2, -0.15) is 11.3 Å². The zero-order valence-electron chi connectivity index (χ0n) is 63.8. The molecule has 18 nitrogen and oxygen atoms in total. The smallest absolute Gasteiger partial charge is 0.339 e. The van der Waals surface area contributed by atoms with Crippen LogP contribution < -0.4 is 4.74 Å². The van der Waals surface area contributed by atoms with E-state index < -0.39 is 86.1 Å². The normalized spacial score (nSPS) is 26.0. The Morgan fingerprint density at radius 2 is 0.858 bits per heavy atom. The van der Waals surface area contributed by atoms with Gasteiger partial charge in [0.15, 0.2) is 31.5 Å². The van der Waals surface area contributed by atoms with E-state index >= 15 is 0 Å². The van der Waals surface area contributed by atoms with Crippen LogP contribution in [0, 0.1) is 82.0 Å². The Bertz CT molecular complexity index is 4260. The van der Waals surface area contributed by atoms with Gasteiger partial charge in [-0.15, -0.1) is 0 Å². The van der Waals surface area contributed by atoms with Gasteiger partial charge in [-0.25, -0.2) is 9.59 Å². The van der Waals surface area contributed by atoms with Crippen LogP contribution in [0.2, 0.25) is 18.1 Å². The van der Waals surface area contributed by atoms with E-state index in [0.717, 1.165) is 87.1 Å². The number of aromatic carboxylic acids is 1. The summed E-state index contributed by atoms with van der Waals surface area (Å²) in [6.07, 6.45) is 12.3. The number of thiophene rings is 1. The Hall–Kier alpha value is -8.98. The first kappa shape index (κ1) is 82.7. The Morgan fingerprint density at radius 3 is 1.24 bits per heavy atom. The minimum absolute atomic E-state index is 0.00470. The van der Waals surface area contributed by atoms with Gasteiger partial charge >= 0.3 is 35.8 Å². The molecule has 0 radical (unpaired) electrons. The molecule has 12 atom stereocenters. The number of aryl methyl sites for hydroxylation is 5. The minimum Gasteiger partial charge on any atom is -0.497 e. The van der Waals surface area contributed by atoms with Crippen LogP contribution in [0.25, 0.3) is 24.3 Å². The summed E-state index contributed by atoms with van der Waals surface area (Å²) in [5.74, 6) is -6.57. The first-order valence-electron chi connectivity index (χ1n) is 36.9. The number of methoxy groups -OCH3 is 1. The van der Waals surface area contributed by atoms with Crippen LogP contribution in [0.3, 0.4) is 0 Å². The molecular weight excluding hydrogens is 1380 g/mol. The van der Waals surface area contributed by atoms with Crippen LogP contribution in [-0.4, -0.2) is 114 Å². The maximum absolute atomic E-state index is 12.8. The zero-order chi connectivity index (χ0) is 77.8. The van der Waals surface area contributed by atoms with Gasteiger partial charge in [0.1, 0.15) is 24.1 Å². The number of carboxylic acids is 3. The van der Waals surface area contributed by atoms with E-state index in [1.54, 1.807) is 31.4 Å². The Morgan fingerprint density at radius 1 is 0.481 bits per heavy atom. The lowest BCUT2D eigenvalue weighted by Crippen LogP contribution is -2.45. The highest BCUT2D eigenvalue weighted by atomic mass is 32.1. The third-order valence-electron chi connectivity index (χ3n) is 21.8. The fourth-order valence-electron chi connectivity index (χ4n) is 14.6. The molecule has 1 aromatic heterocycles. The first-order chi connectivity index (χ1) is 50.0. The average Bonchev–Trinajstić information content (AvgIpc) is 1.58. The van der Waals surface area contributed by atoms with Gasteiger partial charge in [0.05, 0.1) is 48.0 Å². The van der Waals surface area contributed by atoms with Gasteiger partial charge in [0.25, 0.3) is 0 Å². The molecule has 0 aliphatic heterocycles. The first-order valence-corrected chi connectivity index (χ1v) is 40.7. The van der Waals surface area contributed by atoms with Crippen molar-refractivity contribution in [2.75, 3.05) is 7.11 Å². The summed E-state index contributed by atoms with van der Waals surface area (Å²) < 4.78 is 29.0. The molecule has 106 heavy (non-hydrogen) atoms. The highest BCUT2D eigenvalue weighted by Crippen LogP contribution is 2.44. The number of benzene rings is 4. The van der Waals surface area contributed by atoms with Crippen LogP contribution in [0.5, 0.6) is 5.75 Å². The molecule has 1 heterocycles. The van der Waals surface area contributed by atoms with Crippen molar-refractivity contribution in [1.82, 2.24) is 0 Å². The third kappa shape index (κ3) is 20.6. The number of aliphatic carboxylic acids is 2. The topological polar surface area (TPSA) is 278 Å². The lowest BCUT2D eigenvalue weighted by Gasteiger charge is -2.39. The molecule has 3 N–H and O–H groups in total. The van der Waals surface area contributed by atoms with Crippen molar-refractivity contribution in [2.24, 2.45) is 47.3 Å². The second kappa shape index (κ2) is 36.1. The highest BCUT2D eigenvalue weighted by Gasteiger charge is 2.47. The van der Waals surface area contributed by atoms with Crippen molar-refractivity contribution in [2.45, 2.75) is 203 Å². The number of hydrogen-bond acceptors (Lipinski definition) is 16. The van der Waals surface area contributed by atoms with E-state index in [4.69, 9.17) is 23.4 Å². The molecule has 0 bridgehead atoms. The van der Waals surface area contributed by atoms with Crippen LogP contribution in [0.1, 0.15) is 196 Å². The van der Waals surface area contributed by atoms with E-state index in [-0.39, 0.29) is 75.5 Å². The lowest BCUT2D eigenvalue weighted by molar-refractivity contribution is -0.163. The van der Waals surface area contributed by atoms with Crippen molar-refractivity contribution >= 4 is 103 Å². The number of carbonyl (C=O) groups is 10. The van der Waals surface area contributed by atoms with Gasteiger partial charge in [0.2, 0.25) is 0 Å². The molecule has 5 aromatic rings. The largest absolute Gasteiger partial charge is 0.497 e. The summed E-state index contributed by atoms with van der Waals surface area (Å²) in [7, 11) is -0.277. The summed E-state index contributed by atoms with van der Waals surface area (Å²) in [5, 5.41) is 32.1. The Kier molecular flexibility index (Phi) is 28.1. The van der Waals surface area contributed by atoms with E-state index in [9.17, 15) is 63.3 Å². The minimum atomic E-state index is -1.94. The van der Waals surface area contributed by atoms with E-state index in [1.165, 1.54) is 23.5 Å². The predicted octanol–water partition coefficient (Wildman–Crippen LogP) is 17.2. The molecule has 6 aliphatic carbocycles. The van der Waals surface area contributed by atoms with E-state index in [1.807, 2.05) is 133 Å². The molecule has 11 rings (SSSR count). The number of rotatable bonds is 16. The molecule has 6 aliphatic rings. The summed E-state index contributed by atoms with van der Waals surface area (Å²) >= 11 is 1.54. The predicted molar refractivity (Wildman–Crippen MR) is 412 cm³/mol. The molecule has 6 saturated carbocycles. The number of Topliss-reactive ketones (excluding diaryl/α,β-unsaturated/α-hetero) is 4. The quantitative estimate of drug-likeness (QED) is 0.0358. The van der Waals surface area contributed by atoms with Crippen molar-refractivity contribution < 1.29 is 86.6 Å². The summed E-state index contributed by atoms with van der Waals surface area (Å²) in [5.41, 5.74) is 11.4. The maximum atomic E-state index is 12.8. The molecular formula is C86H104O18SSi. The SMILES string of the molecule is CC1CC(=O)C(=Cc2ccsc2)C1OC(=O)C1CCCCC1C(=O)O.COc1ccc(C=C2C(=O)CC(C)C2O[Si](C)(C)C(C)(C)C)c(C)c1.Cc1ccc(C=C2C(=O)CC(C)C2OC(=O)C2CCCCC2C(=O)O)c(C)c1.Cc1ccc(C=C2C(=O)CC(C)C2OC(=O)c2ccccc2C(=O)O)c(C)c1. The summed E-state index contributed by atoms with van der Waals surface area (Å²) in [6, 6.07) is 25.7. The van der Waals surface area contributed by atoms with Crippen LogP contribution >= 0.6 is 11.3 Å². The van der Waals surface area contributed by atoms with Crippen molar-refractivity contribution in [3.63, 3.8) is 0 Å². The molecule has 0 saturated heterocycles. The number of hydrogen-bond donors (Lipinski definition) is 3. The second-order valence-electron chi connectivity index (χ2n) is 31.2. The summed E-state index contributed by atoms with van der Waals surface area (Å²) in [4.78, 5) is 122. The Labute approximate surface area is 628 Å². The van der Waals surface area contributed by atoms with E-state index in [0.29, 0.717) is 61.7 Å². The van der Waals surface area contributed by atoms with Gasteiger partial charge in [0, 0.05) is 65.7 Å². The third-order valence-corrected chi connectivity index (χ3v) is 27.0. The Balaban J connectivity index is 0.000000179.